The molecule has 0 saturated carbocycles. The van der Waals surface area contributed by atoms with Gasteiger partial charge in [0.15, 0.2) is 0 Å². The van der Waals surface area contributed by atoms with Crippen LogP contribution in [0.2, 0.25) is 0 Å². The molecule has 0 aliphatic heterocycles. The molecule has 0 saturated heterocycles. The second-order valence-electron chi connectivity index (χ2n) is 3.97. The van der Waals surface area contributed by atoms with Crippen LogP contribution >= 0.6 is 0 Å². The Hall–Kier alpha value is -1.55. The Kier molecular flexibility index (Phi) is 4.97. The Balaban J connectivity index is 2.70. The summed E-state index contributed by atoms with van der Waals surface area (Å²) in [6.45, 7) is 3.87. The molecule has 2 unspecified atom stereocenters. The van der Waals surface area contributed by atoms with Crippen LogP contribution in [0.4, 0.5) is 0 Å². The van der Waals surface area contributed by atoms with Gasteiger partial charge in [-0.1, -0.05) is 19.1 Å². The van der Waals surface area contributed by atoms with Gasteiger partial charge in [-0.2, -0.15) is 0 Å². The fourth-order valence-electron chi connectivity index (χ4n) is 1.69. The molecule has 0 aromatic heterocycles. The molecule has 0 heterocycles. The van der Waals surface area contributed by atoms with Crippen molar-refractivity contribution < 1.29 is 14.6 Å². The normalized spacial score (nSPS) is 14.1. The molecule has 4 nitrogen and oxygen atoms in total. The molecule has 0 aliphatic rings. The Labute approximate surface area is 102 Å². The predicted octanol–water partition coefficient (Wildman–Crippen LogP) is 1.99. The summed E-state index contributed by atoms with van der Waals surface area (Å²) in [6.07, 6.45) is 0.663. The maximum absolute atomic E-state index is 11.4. The fourth-order valence-corrected chi connectivity index (χ4v) is 1.69. The van der Waals surface area contributed by atoms with Crippen molar-refractivity contribution in [3.63, 3.8) is 0 Å². The number of carbonyl (C=O) groups excluding carboxylic acids is 1. The summed E-state index contributed by atoms with van der Waals surface area (Å²) < 4.78 is 4.71. The maximum atomic E-state index is 11.4. The number of aromatic hydroxyl groups is 1. The van der Waals surface area contributed by atoms with E-state index in [-0.39, 0.29) is 23.8 Å². The van der Waals surface area contributed by atoms with Crippen LogP contribution in [0, 0.1) is 0 Å². The van der Waals surface area contributed by atoms with Gasteiger partial charge in [0.25, 0.3) is 0 Å². The molecule has 0 aliphatic carbocycles. The highest BCUT2D eigenvalue weighted by molar-refractivity contribution is 5.75. The second-order valence-corrected chi connectivity index (χ2v) is 3.97. The maximum Gasteiger partial charge on any atom is 0.322 e. The summed E-state index contributed by atoms with van der Waals surface area (Å²) in [7, 11) is 1.38. The van der Waals surface area contributed by atoms with E-state index in [1.54, 1.807) is 18.2 Å². The van der Waals surface area contributed by atoms with E-state index in [0.717, 1.165) is 5.56 Å². The van der Waals surface area contributed by atoms with Gasteiger partial charge in [0.05, 0.1) is 7.11 Å². The smallest absolute Gasteiger partial charge is 0.322 e. The van der Waals surface area contributed by atoms with Crippen molar-refractivity contribution in [3.05, 3.63) is 29.8 Å². The van der Waals surface area contributed by atoms with E-state index in [9.17, 15) is 9.90 Å². The number of esters is 1. The Bertz CT molecular complexity index is 379. The first-order valence-corrected chi connectivity index (χ1v) is 5.71. The molecular formula is C13H19NO3. The molecule has 1 aromatic rings. The molecule has 4 heteroatoms. The number of phenolic OH excluding ortho intramolecular Hbond substituents is 1. The minimum absolute atomic E-state index is 0.0221. The molecule has 0 fully saturated rings. The van der Waals surface area contributed by atoms with Crippen LogP contribution in [0.3, 0.4) is 0 Å². The van der Waals surface area contributed by atoms with Crippen molar-refractivity contribution in [1.82, 2.24) is 5.32 Å². The van der Waals surface area contributed by atoms with Crippen molar-refractivity contribution in [2.75, 3.05) is 7.11 Å². The van der Waals surface area contributed by atoms with Crippen LogP contribution in [-0.4, -0.2) is 24.2 Å². The Morgan fingerprint density at radius 2 is 2.24 bits per heavy atom. The molecule has 0 bridgehead atoms. The lowest BCUT2D eigenvalue weighted by Crippen LogP contribution is -2.38. The van der Waals surface area contributed by atoms with Crippen LogP contribution < -0.4 is 5.32 Å². The summed E-state index contributed by atoms with van der Waals surface area (Å²) in [6, 6.07) is 6.64. The van der Waals surface area contributed by atoms with E-state index in [1.165, 1.54) is 7.11 Å². The van der Waals surface area contributed by atoms with Crippen LogP contribution in [-0.2, 0) is 9.53 Å². The average molecular weight is 237 g/mol. The highest BCUT2D eigenvalue weighted by Crippen LogP contribution is 2.18. The zero-order chi connectivity index (χ0) is 12.8. The van der Waals surface area contributed by atoms with E-state index >= 15 is 0 Å². The van der Waals surface area contributed by atoms with Crippen LogP contribution in [0.25, 0.3) is 0 Å². The Morgan fingerprint density at radius 3 is 2.76 bits per heavy atom. The average Bonchev–Trinajstić information content (AvgIpc) is 2.34. The standard InChI is InChI=1S/C13H19NO3/c1-4-12(13(16)17-3)14-9(2)10-6-5-7-11(15)8-10/h5-9,12,14-15H,4H2,1-3H3. The van der Waals surface area contributed by atoms with E-state index in [0.29, 0.717) is 6.42 Å². The minimum Gasteiger partial charge on any atom is -0.508 e. The van der Waals surface area contributed by atoms with E-state index in [2.05, 4.69) is 5.32 Å². The lowest BCUT2D eigenvalue weighted by Gasteiger charge is -2.20. The molecule has 0 radical (unpaired) electrons. The van der Waals surface area contributed by atoms with Crippen LogP contribution in [0.5, 0.6) is 5.75 Å². The topological polar surface area (TPSA) is 58.6 Å². The number of carbonyl (C=O) groups is 1. The number of hydrogen-bond donors (Lipinski definition) is 2. The molecule has 1 aromatic carbocycles. The zero-order valence-corrected chi connectivity index (χ0v) is 10.4. The minimum atomic E-state index is -0.322. The van der Waals surface area contributed by atoms with Gasteiger partial charge in [0, 0.05) is 6.04 Å². The summed E-state index contributed by atoms with van der Waals surface area (Å²) in [5.41, 5.74) is 0.937. The first-order valence-electron chi connectivity index (χ1n) is 5.71. The fraction of sp³-hybridized carbons (Fsp3) is 0.462. The van der Waals surface area contributed by atoms with Gasteiger partial charge in [-0.25, -0.2) is 0 Å². The molecule has 94 valence electrons. The summed E-state index contributed by atoms with van der Waals surface area (Å²) in [5, 5.41) is 12.6. The third kappa shape index (κ3) is 3.75. The van der Waals surface area contributed by atoms with Crippen LogP contribution in [0.1, 0.15) is 31.9 Å². The molecule has 1 rings (SSSR count). The lowest BCUT2D eigenvalue weighted by atomic mass is 10.1. The quantitative estimate of drug-likeness (QED) is 0.769. The number of methoxy groups -OCH3 is 1. The van der Waals surface area contributed by atoms with Crippen LogP contribution in [0.15, 0.2) is 24.3 Å². The second kappa shape index (κ2) is 6.25. The SMILES string of the molecule is CCC(NC(C)c1cccc(O)c1)C(=O)OC. The monoisotopic (exact) mass is 237 g/mol. The molecule has 0 spiro atoms. The first-order chi connectivity index (χ1) is 8.08. The van der Waals surface area contributed by atoms with Crippen molar-refractivity contribution in [2.45, 2.75) is 32.4 Å². The summed E-state index contributed by atoms with van der Waals surface area (Å²) in [4.78, 5) is 11.4. The lowest BCUT2D eigenvalue weighted by molar-refractivity contribution is -0.143. The van der Waals surface area contributed by atoms with E-state index < -0.39 is 0 Å². The van der Waals surface area contributed by atoms with Gasteiger partial charge in [0.2, 0.25) is 0 Å². The molecule has 2 atom stereocenters. The van der Waals surface area contributed by atoms with Crippen molar-refractivity contribution >= 4 is 5.97 Å². The van der Waals surface area contributed by atoms with Gasteiger partial charge in [-0.3, -0.25) is 10.1 Å². The van der Waals surface area contributed by atoms with Gasteiger partial charge in [-0.05, 0) is 31.0 Å². The third-order valence-electron chi connectivity index (χ3n) is 2.72. The largest absolute Gasteiger partial charge is 0.508 e. The number of nitrogens with one attached hydrogen (secondary N) is 1. The number of rotatable bonds is 5. The third-order valence-corrected chi connectivity index (χ3v) is 2.72. The highest BCUT2D eigenvalue weighted by atomic mass is 16.5. The molecule has 2 N–H and O–H groups in total. The Morgan fingerprint density at radius 1 is 1.53 bits per heavy atom. The summed E-state index contributed by atoms with van der Waals surface area (Å²) in [5.74, 6) is -0.0400. The highest BCUT2D eigenvalue weighted by Gasteiger charge is 2.19. The van der Waals surface area contributed by atoms with Gasteiger partial charge in [0.1, 0.15) is 11.8 Å². The molecule has 17 heavy (non-hydrogen) atoms. The number of phenols is 1. The summed E-state index contributed by atoms with van der Waals surface area (Å²) >= 11 is 0. The zero-order valence-electron chi connectivity index (χ0n) is 10.4. The number of ether oxygens (including phenoxy) is 1. The first kappa shape index (κ1) is 13.5. The van der Waals surface area contributed by atoms with E-state index in [4.69, 9.17) is 4.74 Å². The molecule has 0 amide bonds. The van der Waals surface area contributed by atoms with Gasteiger partial charge in [-0.15, -0.1) is 0 Å². The predicted molar refractivity (Wildman–Crippen MR) is 65.8 cm³/mol. The van der Waals surface area contributed by atoms with Crippen molar-refractivity contribution in [3.8, 4) is 5.75 Å². The van der Waals surface area contributed by atoms with Gasteiger partial charge < -0.3 is 9.84 Å². The number of benzene rings is 1. The number of hydrogen-bond acceptors (Lipinski definition) is 4. The van der Waals surface area contributed by atoms with Crippen molar-refractivity contribution in [1.29, 1.82) is 0 Å². The van der Waals surface area contributed by atoms with E-state index in [1.807, 2.05) is 19.9 Å². The van der Waals surface area contributed by atoms with Crippen molar-refractivity contribution in [2.24, 2.45) is 0 Å². The molecular weight excluding hydrogens is 218 g/mol. The van der Waals surface area contributed by atoms with Gasteiger partial charge >= 0.3 is 5.97 Å².